The molecule has 0 aromatic rings. The van der Waals surface area contributed by atoms with E-state index < -0.39 is 0 Å². The van der Waals surface area contributed by atoms with Crippen molar-refractivity contribution in [3.8, 4) is 0 Å². The molecule has 0 aliphatic heterocycles. The molecule has 2 N–H and O–H groups in total. The van der Waals surface area contributed by atoms with Crippen LogP contribution in [0.3, 0.4) is 0 Å². The fourth-order valence-corrected chi connectivity index (χ4v) is 0.244. The summed E-state index contributed by atoms with van der Waals surface area (Å²) in [5, 5.41) is 0. The number of allylic oxidation sites excluding steroid dienone is 1. The van der Waals surface area contributed by atoms with E-state index in [4.69, 9.17) is 5.73 Å². The van der Waals surface area contributed by atoms with Gasteiger partial charge in [0, 0.05) is 6.20 Å². The third kappa shape index (κ3) is 3.14. The van der Waals surface area contributed by atoms with E-state index in [2.05, 4.69) is 12.7 Å². The minimum absolute atomic E-state index is 1.04. The predicted octanol–water partition coefficient (Wildman–Crippen LogP) is 1.41. The summed E-state index contributed by atoms with van der Waals surface area (Å²) in [6, 6.07) is 0. The molecule has 1 nitrogen and oxygen atoms in total. The van der Waals surface area contributed by atoms with Gasteiger partial charge in [-0.15, -0.1) is 5.73 Å². The van der Waals surface area contributed by atoms with Crippen molar-refractivity contribution in [2.24, 2.45) is 5.73 Å². The molecular weight excluding hydrogens is 86.1 g/mol. The van der Waals surface area contributed by atoms with E-state index in [1.807, 2.05) is 6.92 Å². The zero-order valence-corrected chi connectivity index (χ0v) is 4.86. The molecular formula is C6H11N. The lowest BCUT2D eigenvalue weighted by atomic mass is 10.3. The van der Waals surface area contributed by atoms with Crippen molar-refractivity contribution in [1.29, 1.82) is 0 Å². The van der Waals surface area contributed by atoms with Gasteiger partial charge in [-0.3, -0.25) is 0 Å². The smallest absolute Gasteiger partial charge is 0.0371 e. The SMILES string of the molecule is CCC(C)=C=CN. The monoisotopic (exact) mass is 97.1 g/mol. The first kappa shape index (κ1) is 6.32. The van der Waals surface area contributed by atoms with Crippen LogP contribution in [0.15, 0.2) is 17.5 Å². The Labute approximate surface area is 44.5 Å². The largest absolute Gasteiger partial charge is 0.398 e. The van der Waals surface area contributed by atoms with Gasteiger partial charge in [-0.2, -0.15) is 0 Å². The van der Waals surface area contributed by atoms with Crippen molar-refractivity contribution >= 4 is 0 Å². The maximum Gasteiger partial charge on any atom is 0.0371 e. The highest BCUT2D eigenvalue weighted by atomic mass is 14.5. The number of hydrogen-bond donors (Lipinski definition) is 1. The standard InChI is InChI=1S/C6H11N/c1-3-6(2)4-5-7/h5H,3,7H2,1-2H3. The van der Waals surface area contributed by atoms with Crippen molar-refractivity contribution in [3.63, 3.8) is 0 Å². The molecule has 40 valence electrons. The highest BCUT2D eigenvalue weighted by Gasteiger charge is 1.73. The van der Waals surface area contributed by atoms with Crippen molar-refractivity contribution in [3.05, 3.63) is 17.5 Å². The lowest BCUT2D eigenvalue weighted by Gasteiger charge is -1.81. The van der Waals surface area contributed by atoms with Gasteiger partial charge in [0.2, 0.25) is 0 Å². The molecule has 0 heterocycles. The summed E-state index contributed by atoms with van der Waals surface area (Å²) in [5.41, 5.74) is 9.11. The third-order valence-electron chi connectivity index (χ3n) is 0.860. The van der Waals surface area contributed by atoms with Gasteiger partial charge in [0.1, 0.15) is 0 Å². The van der Waals surface area contributed by atoms with Crippen molar-refractivity contribution in [1.82, 2.24) is 0 Å². The maximum absolute atomic E-state index is 5.05. The fourth-order valence-electron chi connectivity index (χ4n) is 0.244. The molecule has 0 fully saturated rings. The van der Waals surface area contributed by atoms with E-state index in [-0.39, 0.29) is 0 Å². The Hall–Kier alpha value is -0.680. The zero-order chi connectivity index (χ0) is 5.70. The van der Waals surface area contributed by atoms with Gasteiger partial charge in [-0.05, 0) is 18.9 Å². The van der Waals surface area contributed by atoms with Crippen LogP contribution >= 0.6 is 0 Å². The maximum atomic E-state index is 5.05. The van der Waals surface area contributed by atoms with Crippen LogP contribution in [0.5, 0.6) is 0 Å². The summed E-state index contributed by atoms with van der Waals surface area (Å²) in [4.78, 5) is 0. The van der Waals surface area contributed by atoms with Crippen molar-refractivity contribution < 1.29 is 0 Å². The molecule has 1 heteroatoms. The first-order chi connectivity index (χ1) is 3.31. The minimum Gasteiger partial charge on any atom is -0.398 e. The highest BCUT2D eigenvalue weighted by molar-refractivity contribution is 4.94. The normalized spacial score (nSPS) is 7.14. The van der Waals surface area contributed by atoms with Crippen LogP contribution in [0.1, 0.15) is 20.3 Å². The average Bonchev–Trinajstić information content (AvgIpc) is 1.68. The average molecular weight is 97.2 g/mol. The lowest BCUT2D eigenvalue weighted by Crippen LogP contribution is -1.73. The third-order valence-corrected chi connectivity index (χ3v) is 0.860. The van der Waals surface area contributed by atoms with Crippen LogP contribution < -0.4 is 5.73 Å². The predicted molar refractivity (Wildman–Crippen MR) is 31.7 cm³/mol. The van der Waals surface area contributed by atoms with Crippen LogP contribution in [0.4, 0.5) is 0 Å². The Morgan fingerprint density at radius 3 is 2.57 bits per heavy atom. The number of rotatable bonds is 1. The van der Waals surface area contributed by atoms with Crippen LogP contribution in [0.2, 0.25) is 0 Å². The second kappa shape index (κ2) is 3.51. The topological polar surface area (TPSA) is 26.0 Å². The van der Waals surface area contributed by atoms with Gasteiger partial charge in [-0.25, -0.2) is 0 Å². The molecule has 0 unspecified atom stereocenters. The molecule has 0 aromatic carbocycles. The Balaban J connectivity index is 3.74. The first-order valence-corrected chi connectivity index (χ1v) is 2.43. The summed E-state index contributed by atoms with van der Waals surface area (Å²) in [6.45, 7) is 4.08. The molecule has 7 heavy (non-hydrogen) atoms. The van der Waals surface area contributed by atoms with E-state index in [1.54, 1.807) is 0 Å². The van der Waals surface area contributed by atoms with Crippen LogP contribution in [-0.4, -0.2) is 0 Å². The van der Waals surface area contributed by atoms with Crippen LogP contribution in [0, 0.1) is 0 Å². The van der Waals surface area contributed by atoms with Gasteiger partial charge >= 0.3 is 0 Å². The Bertz CT molecular complexity index is 96.7. The highest BCUT2D eigenvalue weighted by Crippen LogP contribution is 1.91. The second-order valence-electron chi connectivity index (χ2n) is 1.44. The molecule has 0 saturated heterocycles. The number of nitrogens with two attached hydrogens (primary N) is 1. The Kier molecular flexibility index (Phi) is 3.17. The lowest BCUT2D eigenvalue weighted by molar-refractivity contribution is 1.10. The van der Waals surface area contributed by atoms with Gasteiger partial charge < -0.3 is 5.73 Å². The molecule has 0 aliphatic rings. The van der Waals surface area contributed by atoms with Gasteiger partial charge in [0.25, 0.3) is 0 Å². The quantitative estimate of drug-likeness (QED) is 0.492. The summed E-state index contributed by atoms with van der Waals surface area (Å²) in [6.07, 6.45) is 2.48. The van der Waals surface area contributed by atoms with Gasteiger partial charge in [-0.1, -0.05) is 6.92 Å². The van der Waals surface area contributed by atoms with E-state index >= 15 is 0 Å². The molecule has 0 bridgehead atoms. The van der Waals surface area contributed by atoms with E-state index in [0.29, 0.717) is 0 Å². The molecule has 0 atom stereocenters. The molecule has 0 amide bonds. The molecule has 0 aliphatic carbocycles. The fraction of sp³-hybridized carbons (Fsp3) is 0.500. The zero-order valence-electron chi connectivity index (χ0n) is 4.86. The van der Waals surface area contributed by atoms with E-state index in [9.17, 15) is 0 Å². The molecule has 0 aromatic heterocycles. The Morgan fingerprint density at radius 2 is 2.43 bits per heavy atom. The van der Waals surface area contributed by atoms with Gasteiger partial charge in [0.15, 0.2) is 0 Å². The van der Waals surface area contributed by atoms with Crippen LogP contribution in [0.25, 0.3) is 0 Å². The van der Waals surface area contributed by atoms with E-state index in [0.717, 1.165) is 6.42 Å². The van der Waals surface area contributed by atoms with Gasteiger partial charge in [0.05, 0.1) is 0 Å². The number of hydrogen-bond acceptors (Lipinski definition) is 1. The summed E-state index contributed by atoms with van der Waals surface area (Å²) < 4.78 is 0. The van der Waals surface area contributed by atoms with E-state index in [1.165, 1.54) is 11.8 Å². The summed E-state index contributed by atoms with van der Waals surface area (Å²) in [7, 11) is 0. The summed E-state index contributed by atoms with van der Waals surface area (Å²) in [5.74, 6) is 0. The first-order valence-electron chi connectivity index (χ1n) is 2.43. The Morgan fingerprint density at radius 1 is 1.86 bits per heavy atom. The molecule has 0 radical (unpaired) electrons. The molecule has 0 saturated carbocycles. The second-order valence-corrected chi connectivity index (χ2v) is 1.44. The summed E-state index contributed by atoms with van der Waals surface area (Å²) >= 11 is 0. The molecule has 0 spiro atoms. The van der Waals surface area contributed by atoms with Crippen molar-refractivity contribution in [2.75, 3.05) is 0 Å². The minimum atomic E-state index is 1.04. The van der Waals surface area contributed by atoms with Crippen LogP contribution in [-0.2, 0) is 0 Å². The van der Waals surface area contributed by atoms with Crippen molar-refractivity contribution in [2.45, 2.75) is 20.3 Å². The molecule has 0 rings (SSSR count).